The second kappa shape index (κ2) is 5.19. The van der Waals surface area contributed by atoms with Gasteiger partial charge in [0, 0.05) is 19.2 Å². The van der Waals surface area contributed by atoms with Crippen molar-refractivity contribution in [1.29, 1.82) is 0 Å². The lowest BCUT2D eigenvalue weighted by atomic mass is 10.2. The molecule has 2 N–H and O–H groups in total. The van der Waals surface area contributed by atoms with Crippen LogP contribution < -0.4 is 5.56 Å². The van der Waals surface area contributed by atoms with Gasteiger partial charge in [0.05, 0.1) is 0 Å². The first-order valence-electron chi connectivity index (χ1n) is 4.71. The Hall–Kier alpha value is -1.78. The van der Waals surface area contributed by atoms with Crippen LogP contribution >= 0.6 is 0 Å². The first-order valence-corrected chi connectivity index (χ1v) is 4.71. The van der Waals surface area contributed by atoms with Crippen molar-refractivity contribution in [3.63, 3.8) is 0 Å². The van der Waals surface area contributed by atoms with Crippen LogP contribution in [-0.2, 0) is 11.3 Å². The number of nitrogens with zero attached hydrogens (tertiary/aromatic N) is 1. The molecule has 0 radical (unpaired) electrons. The number of aromatic nitrogens is 1. The fourth-order valence-corrected chi connectivity index (χ4v) is 1.26. The number of pyridine rings is 1. The Bertz CT molecular complexity index is 397. The summed E-state index contributed by atoms with van der Waals surface area (Å²) in [5.41, 5.74) is -0.437. The maximum absolute atomic E-state index is 11.3. The summed E-state index contributed by atoms with van der Waals surface area (Å²) >= 11 is 0. The first kappa shape index (κ1) is 11.3. The number of unbranched alkanes of at least 4 members (excludes halogenated alkanes) is 1. The number of hydrogen-bond acceptors (Lipinski definition) is 3. The summed E-state index contributed by atoms with van der Waals surface area (Å²) in [6.45, 7) is 0.431. The van der Waals surface area contributed by atoms with E-state index in [-0.39, 0.29) is 12.2 Å². The van der Waals surface area contributed by atoms with Crippen LogP contribution in [0.15, 0.2) is 23.1 Å². The molecule has 5 heteroatoms. The van der Waals surface area contributed by atoms with E-state index in [4.69, 9.17) is 10.2 Å². The average molecular weight is 211 g/mol. The zero-order valence-electron chi connectivity index (χ0n) is 8.22. The Morgan fingerprint density at radius 1 is 1.40 bits per heavy atom. The Morgan fingerprint density at radius 2 is 2.13 bits per heavy atom. The molecule has 0 aliphatic carbocycles. The standard InChI is InChI=1S/C10H13NO4/c12-8-4-3-7-11(10(8)15)6-2-1-5-9(13)14/h3-4,7,12H,1-2,5-6H2,(H,13,14). The van der Waals surface area contributed by atoms with Crippen molar-refractivity contribution in [2.24, 2.45) is 0 Å². The molecule has 0 aliphatic rings. The summed E-state index contributed by atoms with van der Waals surface area (Å²) in [7, 11) is 0. The number of carbonyl (C=O) groups is 1. The molecule has 0 aromatic carbocycles. The van der Waals surface area contributed by atoms with Crippen molar-refractivity contribution in [3.8, 4) is 5.75 Å². The monoisotopic (exact) mass is 211 g/mol. The average Bonchev–Trinajstić information content (AvgIpc) is 2.18. The van der Waals surface area contributed by atoms with E-state index in [0.717, 1.165) is 0 Å². The highest BCUT2D eigenvalue weighted by Gasteiger charge is 2.01. The normalized spacial score (nSPS) is 10.1. The van der Waals surface area contributed by atoms with Gasteiger partial charge in [-0.3, -0.25) is 9.59 Å². The molecule has 1 heterocycles. The molecule has 0 atom stereocenters. The van der Waals surface area contributed by atoms with E-state index in [9.17, 15) is 9.59 Å². The van der Waals surface area contributed by atoms with Gasteiger partial charge >= 0.3 is 5.97 Å². The number of hydrogen-bond donors (Lipinski definition) is 2. The van der Waals surface area contributed by atoms with Crippen LogP contribution in [0.2, 0.25) is 0 Å². The molecule has 0 amide bonds. The van der Waals surface area contributed by atoms with Gasteiger partial charge in [-0.05, 0) is 25.0 Å². The van der Waals surface area contributed by atoms with Gasteiger partial charge in [0.25, 0.3) is 5.56 Å². The highest BCUT2D eigenvalue weighted by Crippen LogP contribution is 2.01. The number of carboxylic acid groups (broad SMARTS) is 1. The molecule has 0 bridgehead atoms. The van der Waals surface area contributed by atoms with Gasteiger partial charge in [-0.25, -0.2) is 0 Å². The molecule has 0 saturated carbocycles. The van der Waals surface area contributed by atoms with Crippen LogP contribution in [0.25, 0.3) is 0 Å². The minimum Gasteiger partial charge on any atom is -0.503 e. The molecule has 0 unspecified atom stereocenters. The topological polar surface area (TPSA) is 79.5 Å². The predicted molar refractivity (Wildman–Crippen MR) is 53.9 cm³/mol. The van der Waals surface area contributed by atoms with Crippen molar-refractivity contribution in [2.75, 3.05) is 0 Å². The quantitative estimate of drug-likeness (QED) is 0.706. The summed E-state index contributed by atoms with van der Waals surface area (Å²) in [6, 6.07) is 2.91. The Labute approximate surface area is 86.6 Å². The first-order chi connectivity index (χ1) is 7.11. The molecular formula is C10H13NO4. The van der Waals surface area contributed by atoms with E-state index in [2.05, 4.69) is 0 Å². The Balaban J connectivity index is 2.48. The van der Waals surface area contributed by atoms with Crippen molar-refractivity contribution in [2.45, 2.75) is 25.8 Å². The number of carboxylic acids is 1. The molecule has 1 aromatic heterocycles. The Kier molecular flexibility index (Phi) is 3.91. The lowest BCUT2D eigenvalue weighted by molar-refractivity contribution is -0.137. The van der Waals surface area contributed by atoms with Crippen molar-refractivity contribution in [3.05, 3.63) is 28.7 Å². The molecular weight excluding hydrogens is 198 g/mol. The number of aromatic hydroxyl groups is 1. The van der Waals surface area contributed by atoms with Gasteiger partial charge in [-0.1, -0.05) is 0 Å². The Morgan fingerprint density at radius 3 is 2.80 bits per heavy atom. The van der Waals surface area contributed by atoms with Gasteiger partial charge in [0.1, 0.15) is 0 Å². The molecule has 0 aliphatic heterocycles. The second-order valence-corrected chi connectivity index (χ2v) is 3.24. The van der Waals surface area contributed by atoms with Crippen LogP contribution in [0.5, 0.6) is 5.75 Å². The van der Waals surface area contributed by atoms with E-state index < -0.39 is 11.5 Å². The molecule has 15 heavy (non-hydrogen) atoms. The summed E-state index contributed by atoms with van der Waals surface area (Å²) in [5.74, 6) is -1.12. The fourth-order valence-electron chi connectivity index (χ4n) is 1.26. The maximum Gasteiger partial charge on any atom is 0.303 e. The van der Waals surface area contributed by atoms with Crippen molar-refractivity contribution >= 4 is 5.97 Å². The van der Waals surface area contributed by atoms with Gasteiger partial charge in [0.2, 0.25) is 0 Å². The highest BCUT2D eigenvalue weighted by atomic mass is 16.4. The molecule has 1 aromatic rings. The lowest BCUT2D eigenvalue weighted by Crippen LogP contribution is -2.18. The second-order valence-electron chi connectivity index (χ2n) is 3.24. The third kappa shape index (κ3) is 3.46. The minimum absolute atomic E-state index is 0.105. The fraction of sp³-hybridized carbons (Fsp3) is 0.400. The van der Waals surface area contributed by atoms with E-state index in [0.29, 0.717) is 19.4 Å². The van der Waals surface area contributed by atoms with Crippen LogP contribution in [0.4, 0.5) is 0 Å². The van der Waals surface area contributed by atoms with Gasteiger partial charge in [-0.2, -0.15) is 0 Å². The van der Waals surface area contributed by atoms with Crippen LogP contribution in [0.1, 0.15) is 19.3 Å². The van der Waals surface area contributed by atoms with E-state index in [1.54, 1.807) is 12.3 Å². The maximum atomic E-state index is 11.3. The molecule has 0 saturated heterocycles. The van der Waals surface area contributed by atoms with Gasteiger partial charge in [-0.15, -0.1) is 0 Å². The molecule has 5 nitrogen and oxygen atoms in total. The number of rotatable bonds is 5. The van der Waals surface area contributed by atoms with Crippen molar-refractivity contribution < 1.29 is 15.0 Å². The number of aryl methyl sites for hydroxylation is 1. The van der Waals surface area contributed by atoms with E-state index >= 15 is 0 Å². The highest BCUT2D eigenvalue weighted by molar-refractivity contribution is 5.66. The summed E-state index contributed by atoms with van der Waals surface area (Å²) in [6.07, 6.45) is 2.81. The van der Waals surface area contributed by atoms with Crippen LogP contribution in [-0.4, -0.2) is 20.7 Å². The van der Waals surface area contributed by atoms with Crippen molar-refractivity contribution in [1.82, 2.24) is 4.57 Å². The predicted octanol–water partition coefficient (Wildman–Crippen LogP) is 0.809. The minimum atomic E-state index is -0.835. The van der Waals surface area contributed by atoms with Gasteiger partial charge < -0.3 is 14.8 Å². The summed E-state index contributed by atoms with van der Waals surface area (Å²) in [5, 5.41) is 17.5. The number of aliphatic carboxylic acids is 1. The molecule has 0 fully saturated rings. The molecule has 1 rings (SSSR count). The van der Waals surface area contributed by atoms with E-state index in [1.165, 1.54) is 10.6 Å². The molecule has 82 valence electrons. The smallest absolute Gasteiger partial charge is 0.303 e. The van der Waals surface area contributed by atoms with Gasteiger partial charge in [0.15, 0.2) is 5.75 Å². The van der Waals surface area contributed by atoms with E-state index in [1.807, 2.05) is 0 Å². The van der Waals surface area contributed by atoms with Crippen LogP contribution in [0, 0.1) is 0 Å². The zero-order chi connectivity index (χ0) is 11.3. The SMILES string of the molecule is O=C(O)CCCCn1cccc(O)c1=O. The third-order valence-electron chi connectivity index (χ3n) is 2.04. The lowest BCUT2D eigenvalue weighted by Gasteiger charge is -2.04. The summed E-state index contributed by atoms with van der Waals surface area (Å²) in [4.78, 5) is 21.5. The summed E-state index contributed by atoms with van der Waals surface area (Å²) < 4.78 is 1.37. The third-order valence-corrected chi connectivity index (χ3v) is 2.04. The molecule has 0 spiro atoms. The zero-order valence-corrected chi connectivity index (χ0v) is 8.22. The van der Waals surface area contributed by atoms with Crippen LogP contribution in [0.3, 0.4) is 0 Å². The largest absolute Gasteiger partial charge is 0.503 e.